The number of amides is 1. The van der Waals surface area contributed by atoms with Crippen LogP contribution in [0.1, 0.15) is 18.2 Å². The van der Waals surface area contributed by atoms with E-state index in [9.17, 15) is 13.2 Å². The van der Waals surface area contributed by atoms with Crippen LogP contribution in [0.4, 0.5) is 11.6 Å². The van der Waals surface area contributed by atoms with Crippen molar-refractivity contribution < 1.29 is 22.5 Å². The van der Waals surface area contributed by atoms with E-state index in [1.807, 2.05) is 54.6 Å². The first-order valence-electron chi connectivity index (χ1n) is 10.9. The number of anilines is 2. The van der Waals surface area contributed by atoms with Crippen LogP contribution in [0.25, 0.3) is 11.1 Å². The second kappa shape index (κ2) is 10.0. The van der Waals surface area contributed by atoms with E-state index in [4.69, 9.17) is 9.26 Å². The van der Waals surface area contributed by atoms with E-state index in [2.05, 4.69) is 15.2 Å². The summed E-state index contributed by atoms with van der Waals surface area (Å²) in [7, 11) is -3.87. The molecule has 0 saturated heterocycles. The molecule has 0 aliphatic heterocycles. The summed E-state index contributed by atoms with van der Waals surface area (Å²) < 4.78 is 38.4. The number of nitrogens with one attached hydrogen (secondary N) is 2. The van der Waals surface area contributed by atoms with Gasteiger partial charge >= 0.3 is 0 Å². The van der Waals surface area contributed by atoms with Crippen molar-refractivity contribution in [1.29, 1.82) is 0 Å². The molecule has 180 valence electrons. The zero-order valence-electron chi connectivity index (χ0n) is 19.5. The van der Waals surface area contributed by atoms with E-state index < -0.39 is 16.1 Å². The molecule has 1 heterocycles. The maximum absolute atomic E-state index is 12.6. The predicted octanol–water partition coefficient (Wildman–Crippen LogP) is 5.17. The van der Waals surface area contributed by atoms with Gasteiger partial charge in [0.05, 0.1) is 10.6 Å². The van der Waals surface area contributed by atoms with Gasteiger partial charge in [-0.25, -0.2) is 13.1 Å². The van der Waals surface area contributed by atoms with Gasteiger partial charge in [-0.1, -0.05) is 47.6 Å². The van der Waals surface area contributed by atoms with E-state index in [1.54, 1.807) is 20.8 Å². The van der Waals surface area contributed by atoms with Gasteiger partial charge in [-0.15, -0.1) is 0 Å². The highest BCUT2D eigenvalue weighted by Gasteiger charge is 2.20. The lowest BCUT2D eigenvalue weighted by Crippen LogP contribution is -2.30. The summed E-state index contributed by atoms with van der Waals surface area (Å²) in [5.41, 5.74) is 3.80. The van der Waals surface area contributed by atoms with E-state index in [1.165, 1.54) is 24.3 Å². The summed E-state index contributed by atoms with van der Waals surface area (Å²) in [5.74, 6) is 0.277. The number of hydrogen-bond donors (Lipinski definition) is 2. The number of rotatable bonds is 8. The minimum absolute atomic E-state index is 0.0201. The summed E-state index contributed by atoms with van der Waals surface area (Å²) >= 11 is 0. The first-order valence-corrected chi connectivity index (χ1v) is 12.4. The van der Waals surface area contributed by atoms with Crippen molar-refractivity contribution in [3.8, 4) is 16.9 Å². The molecule has 2 N–H and O–H groups in total. The van der Waals surface area contributed by atoms with Crippen molar-refractivity contribution in [2.75, 3.05) is 10.0 Å². The second-order valence-electron chi connectivity index (χ2n) is 7.99. The lowest BCUT2D eigenvalue weighted by Gasteiger charge is -2.15. The molecule has 0 saturated carbocycles. The lowest BCUT2D eigenvalue weighted by molar-refractivity contribution is -0.122. The maximum atomic E-state index is 12.6. The smallest absolute Gasteiger partial charge is 0.265 e. The Hall–Kier alpha value is -4.11. The van der Waals surface area contributed by atoms with Crippen LogP contribution in [0.3, 0.4) is 0 Å². The highest BCUT2D eigenvalue weighted by molar-refractivity contribution is 7.92. The van der Waals surface area contributed by atoms with Crippen molar-refractivity contribution in [2.24, 2.45) is 0 Å². The highest BCUT2D eigenvalue weighted by atomic mass is 32.2. The fourth-order valence-corrected chi connectivity index (χ4v) is 4.31. The SMILES string of the molecule is Cc1noc(NS(=O)(=O)c2ccc(NC(=O)C(C)Oc3ccc(-c4ccccc4)cc3)cc2)c1C. The summed E-state index contributed by atoms with van der Waals surface area (Å²) in [4.78, 5) is 12.6. The molecule has 0 fully saturated rings. The molecule has 0 spiro atoms. The quantitative estimate of drug-likeness (QED) is 0.352. The van der Waals surface area contributed by atoms with Gasteiger partial charge in [0.25, 0.3) is 15.9 Å². The highest BCUT2D eigenvalue weighted by Crippen LogP contribution is 2.24. The van der Waals surface area contributed by atoms with Gasteiger partial charge in [-0.3, -0.25) is 4.79 Å². The molecule has 0 bridgehead atoms. The third kappa shape index (κ3) is 5.70. The molecule has 0 radical (unpaired) electrons. The Morgan fingerprint density at radius 1 is 0.914 bits per heavy atom. The van der Waals surface area contributed by atoms with Gasteiger partial charge in [0.1, 0.15) is 5.75 Å². The fraction of sp³-hybridized carbons (Fsp3) is 0.154. The summed E-state index contributed by atoms with van der Waals surface area (Å²) in [5, 5.41) is 6.48. The number of aryl methyl sites for hydroxylation is 1. The molecule has 3 aromatic carbocycles. The summed E-state index contributed by atoms with van der Waals surface area (Å²) in [6.07, 6.45) is -0.764. The van der Waals surface area contributed by atoms with Gasteiger partial charge in [-0.2, -0.15) is 0 Å². The number of carbonyl (C=O) groups excluding carboxylic acids is 1. The fourth-order valence-electron chi connectivity index (χ4n) is 3.27. The largest absolute Gasteiger partial charge is 0.481 e. The minimum Gasteiger partial charge on any atom is -0.481 e. The van der Waals surface area contributed by atoms with Crippen LogP contribution in [0.5, 0.6) is 5.75 Å². The van der Waals surface area contributed by atoms with Crippen LogP contribution in [-0.4, -0.2) is 25.6 Å². The van der Waals surface area contributed by atoms with Crippen LogP contribution >= 0.6 is 0 Å². The Bertz CT molecular complexity index is 1410. The topological polar surface area (TPSA) is 111 Å². The average molecular weight is 492 g/mol. The molecule has 0 aliphatic rings. The monoisotopic (exact) mass is 491 g/mol. The van der Waals surface area contributed by atoms with Crippen LogP contribution in [0.15, 0.2) is 88.3 Å². The molecule has 1 aromatic heterocycles. The molecular formula is C26H25N3O5S. The van der Waals surface area contributed by atoms with Gasteiger partial charge in [0.2, 0.25) is 5.88 Å². The van der Waals surface area contributed by atoms with Crippen molar-refractivity contribution in [3.05, 3.63) is 90.1 Å². The zero-order chi connectivity index (χ0) is 25.0. The number of aromatic nitrogens is 1. The van der Waals surface area contributed by atoms with Crippen molar-refractivity contribution in [1.82, 2.24) is 5.16 Å². The number of sulfonamides is 1. The Labute approximate surface area is 204 Å². The van der Waals surface area contributed by atoms with E-state index in [-0.39, 0.29) is 16.7 Å². The number of hydrogen-bond acceptors (Lipinski definition) is 6. The molecule has 1 unspecified atom stereocenters. The number of ether oxygens (including phenoxy) is 1. The second-order valence-corrected chi connectivity index (χ2v) is 9.67. The normalized spacial score (nSPS) is 12.1. The Balaban J connectivity index is 1.36. The van der Waals surface area contributed by atoms with E-state index >= 15 is 0 Å². The average Bonchev–Trinajstić information content (AvgIpc) is 3.17. The van der Waals surface area contributed by atoms with Crippen molar-refractivity contribution in [2.45, 2.75) is 31.8 Å². The molecule has 4 aromatic rings. The van der Waals surface area contributed by atoms with Crippen LogP contribution < -0.4 is 14.8 Å². The van der Waals surface area contributed by atoms with Crippen molar-refractivity contribution in [3.63, 3.8) is 0 Å². The number of nitrogens with zero attached hydrogens (tertiary/aromatic N) is 1. The molecule has 35 heavy (non-hydrogen) atoms. The molecule has 1 amide bonds. The van der Waals surface area contributed by atoms with E-state index in [0.29, 0.717) is 22.7 Å². The van der Waals surface area contributed by atoms with Crippen molar-refractivity contribution >= 4 is 27.5 Å². The summed E-state index contributed by atoms with van der Waals surface area (Å²) in [6, 6.07) is 23.3. The predicted molar refractivity (Wildman–Crippen MR) is 134 cm³/mol. The first kappa shape index (κ1) is 24.0. The Morgan fingerprint density at radius 3 is 2.14 bits per heavy atom. The molecule has 9 heteroatoms. The number of carbonyl (C=O) groups is 1. The van der Waals surface area contributed by atoms with Gasteiger partial charge < -0.3 is 14.6 Å². The maximum Gasteiger partial charge on any atom is 0.265 e. The third-order valence-electron chi connectivity index (χ3n) is 5.46. The Morgan fingerprint density at radius 2 is 1.54 bits per heavy atom. The van der Waals surface area contributed by atoms with Gasteiger partial charge in [0.15, 0.2) is 6.10 Å². The molecule has 4 rings (SSSR count). The van der Waals surface area contributed by atoms with Gasteiger partial charge in [-0.05, 0) is 68.3 Å². The van der Waals surface area contributed by atoms with Crippen LogP contribution in [0.2, 0.25) is 0 Å². The molecular weight excluding hydrogens is 466 g/mol. The Kier molecular flexibility index (Phi) is 6.88. The third-order valence-corrected chi connectivity index (χ3v) is 6.81. The first-order chi connectivity index (χ1) is 16.7. The summed E-state index contributed by atoms with van der Waals surface area (Å²) in [6.45, 7) is 5.08. The van der Waals surface area contributed by atoms with Gasteiger partial charge in [0, 0.05) is 11.3 Å². The van der Waals surface area contributed by atoms with E-state index in [0.717, 1.165) is 11.1 Å². The zero-order valence-corrected chi connectivity index (χ0v) is 20.3. The lowest BCUT2D eigenvalue weighted by atomic mass is 10.1. The number of benzene rings is 3. The molecule has 8 nitrogen and oxygen atoms in total. The molecule has 0 aliphatic carbocycles. The van der Waals surface area contributed by atoms with Crippen LogP contribution in [0, 0.1) is 13.8 Å². The molecule has 1 atom stereocenters. The standard InChI is InChI=1S/C26H25N3O5S/c1-17-18(2)28-34-26(17)29-35(31,32)24-15-11-22(12-16-24)27-25(30)19(3)33-23-13-9-21(10-14-23)20-7-5-4-6-8-20/h4-16,19,29H,1-3H3,(H,27,30). The minimum atomic E-state index is -3.87. The van der Waals surface area contributed by atoms with Crippen LogP contribution in [-0.2, 0) is 14.8 Å².